The molecule has 1 aliphatic rings. The maximum absolute atomic E-state index is 5.69. The smallest absolute Gasteiger partial charge is 0.0544 e. The van der Waals surface area contributed by atoms with Crippen LogP contribution in [0, 0.1) is 5.92 Å². The molecule has 0 aromatic heterocycles. The summed E-state index contributed by atoms with van der Waals surface area (Å²) < 4.78 is 5.69. The summed E-state index contributed by atoms with van der Waals surface area (Å²) in [6, 6.07) is 0. The minimum absolute atomic E-state index is 0.437. The van der Waals surface area contributed by atoms with Gasteiger partial charge in [0, 0.05) is 6.54 Å². The number of hydrogen-bond acceptors (Lipinski definition) is 2. The molecule has 2 atom stereocenters. The summed E-state index contributed by atoms with van der Waals surface area (Å²) >= 11 is 0. The highest BCUT2D eigenvalue weighted by Gasteiger charge is 2.13. The van der Waals surface area contributed by atoms with Crippen LogP contribution in [0.5, 0.6) is 0 Å². The van der Waals surface area contributed by atoms with Crippen molar-refractivity contribution in [2.45, 2.75) is 39.2 Å². The van der Waals surface area contributed by atoms with Gasteiger partial charge in [-0.3, -0.25) is 0 Å². The Morgan fingerprint density at radius 2 is 2.42 bits per heavy atom. The first-order valence-corrected chi connectivity index (χ1v) is 5.15. The average molecular weight is 171 g/mol. The molecule has 1 saturated heterocycles. The van der Waals surface area contributed by atoms with E-state index < -0.39 is 0 Å². The van der Waals surface area contributed by atoms with Gasteiger partial charge in [0.2, 0.25) is 0 Å². The van der Waals surface area contributed by atoms with Crippen molar-refractivity contribution in [3.05, 3.63) is 0 Å². The Kier molecular flexibility index (Phi) is 4.62. The first kappa shape index (κ1) is 10.0. The highest BCUT2D eigenvalue weighted by molar-refractivity contribution is 4.68. The third-order valence-electron chi connectivity index (χ3n) is 2.59. The van der Waals surface area contributed by atoms with Gasteiger partial charge in [0.05, 0.1) is 12.7 Å². The average Bonchev–Trinajstić information content (AvgIpc) is 2.16. The second-order valence-electron chi connectivity index (χ2n) is 3.76. The topological polar surface area (TPSA) is 21.3 Å². The fourth-order valence-electron chi connectivity index (χ4n) is 1.48. The number of hydrogen-bond donors (Lipinski definition) is 1. The summed E-state index contributed by atoms with van der Waals surface area (Å²) in [7, 11) is 0. The van der Waals surface area contributed by atoms with Crippen LogP contribution < -0.4 is 5.32 Å². The van der Waals surface area contributed by atoms with E-state index in [1.54, 1.807) is 0 Å². The highest BCUT2D eigenvalue weighted by atomic mass is 16.5. The van der Waals surface area contributed by atoms with Gasteiger partial charge in [-0.1, -0.05) is 6.92 Å². The molecule has 2 unspecified atom stereocenters. The molecule has 0 saturated carbocycles. The quantitative estimate of drug-likeness (QED) is 0.696. The van der Waals surface area contributed by atoms with Gasteiger partial charge in [-0.2, -0.15) is 0 Å². The van der Waals surface area contributed by atoms with Gasteiger partial charge in [0.1, 0.15) is 0 Å². The minimum atomic E-state index is 0.437. The van der Waals surface area contributed by atoms with E-state index in [0.29, 0.717) is 6.10 Å². The van der Waals surface area contributed by atoms with Crippen LogP contribution in [-0.2, 0) is 4.74 Å². The van der Waals surface area contributed by atoms with Crippen LogP contribution in [0.4, 0.5) is 0 Å². The molecule has 0 aromatic carbocycles. The zero-order valence-corrected chi connectivity index (χ0v) is 8.31. The number of nitrogens with one attached hydrogen (secondary N) is 1. The van der Waals surface area contributed by atoms with E-state index in [1.165, 1.54) is 19.4 Å². The predicted molar refractivity (Wildman–Crippen MR) is 51.3 cm³/mol. The van der Waals surface area contributed by atoms with E-state index in [-0.39, 0.29) is 0 Å². The molecule has 1 rings (SSSR count). The first-order chi connectivity index (χ1) is 5.83. The second-order valence-corrected chi connectivity index (χ2v) is 3.76. The van der Waals surface area contributed by atoms with Crippen molar-refractivity contribution in [2.75, 3.05) is 19.7 Å². The number of rotatable bonds is 4. The van der Waals surface area contributed by atoms with Crippen molar-refractivity contribution in [2.24, 2.45) is 5.92 Å². The Balaban J connectivity index is 2.05. The van der Waals surface area contributed by atoms with Crippen molar-refractivity contribution >= 4 is 0 Å². The summed E-state index contributed by atoms with van der Waals surface area (Å²) in [5, 5.41) is 3.40. The van der Waals surface area contributed by atoms with Gasteiger partial charge in [0.25, 0.3) is 0 Å². The molecule has 0 bridgehead atoms. The van der Waals surface area contributed by atoms with Gasteiger partial charge in [-0.25, -0.2) is 0 Å². The Bertz CT molecular complexity index is 110. The molecular weight excluding hydrogens is 150 g/mol. The van der Waals surface area contributed by atoms with E-state index in [9.17, 15) is 0 Å². The third kappa shape index (κ3) is 3.55. The van der Waals surface area contributed by atoms with E-state index in [4.69, 9.17) is 4.74 Å². The normalized spacial score (nSPS) is 27.0. The lowest BCUT2D eigenvalue weighted by atomic mass is 10.0. The minimum Gasteiger partial charge on any atom is -0.378 e. The molecule has 72 valence electrons. The van der Waals surface area contributed by atoms with Crippen LogP contribution in [0.3, 0.4) is 0 Å². The molecule has 0 amide bonds. The molecule has 2 heteroatoms. The summed E-state index contributed by atoms with van der Waals surface area (Å²) in [5.41, 5.74) is 0. The lowest BCUT2D eigenvalue weighted by molar-refractivity contribution is 0.0325. The molecule has 1 heterocycles. The van der Waals surface area contributed by atoms with E-state index >= 15 is 0 Å². The van der Waals surface area contributed by atoms with Gasteiger partial charge in [0.15, 0.2) is 0 Å². The molecule has 0 radical (unpaired) electrons. The van der Waals surface area contributed by atoms with Gasteiger partial charge >= 0.3 is 0 Å². The third-order valence-corrected chi connectivity index (χ3v) is 2.59. The fraction of sp³-hybridized carbons (Fsp3) is 1.00. The molecule has 0 spiro atoms. The van der Waals surface area contributed by atoms with E-state index in [0.717, 1.165) is 25.5 Å². The van der Waals surface area contributed by atoms with Gasteiger partial charge in [-0.15, -0.1) is 0 Å². The van der Waals surface area contributed by atoms with E-state index in [1.807, 2.05) is 0 Å². The van der Waals surface area contributed by atoms with E-state index in [2.05, 4.69) is 19.2 Å². The predicted octanol–water partition coefficient (Wildman–Crippen LogP) is 1.80. The number of ether oxygens (including phenoxy) is 1. The van der Waals surface area contributed by atoms with Gasteiger partial charge in [-0.05, 0) is 38.6 Å². The second kappa shape index (κ2) is 5.55. The van der Waals surface area contributed by atoms with Crippen LogP contribution in [0.25, 0.3) is 0 Å². The maximum atomic E-state index is 5.69. The molecule has 0 aliphatic carbocycles. The molecule has 1 N–H and O–H groups in total. The summed E-state index contributed by atoms with van der Waals surface area (Å²) in [4.78, 5) is 0. The zero-order chi connectivity index (χ0) is 8.81. The molecule has 1 fully saturated rings. The van der Waals surface area contributed by atoms with Crippen molar-refractivity contribution in [3.63, 3.8) is 0 Å². The Labute approximate surface area is 75.7 Å². The fourth-order valence-corrected chi connectivity index (χ4v) is 1.48. The zero-order valence-electron chi connectivity index (χ0n) is 8.31. The van der Waals surface area contributed by atoms with Crippen LogP contribution in [0.1, 0.15) is 33.1 Å². The summed E-state index contributed by atoms with van der Waals surface area (Å²) in [6.45, 7) is 7.61. The van der Waals surface area contributed by atoms with Crippen molar-refractivity contribution in [3.8, 4) is 0 Å². The van der Waals surface area contributed by atoms with Crippen molar-refractivity contribution in [1.29, 1.82) is 0 Å². The molecular formula is C10H21NO. The first-order valence-electron chi connectivity index (χ1n) is 5.15. The largest absolute Gasteiger partial charge is 0.378 e. The molecule has 12 heavy (non-hydrogen) atoms. The molecule has 0 aromatic rings. The van der Waals surface area contributed by atoms with Crippen LogP contribution in [-0.4, -0.2) is 25.8 Å². The lowest BCUT2D eigenvalue weighted by Gasteiger charge is -2.23. The molecule has 2 nitrogen and oxygen atoms in total. The monoisotopic (exact) mass is 171 g/mol. The van der Waals surface area contributed by atoms with Crippen molar-refractivity contribution < 1.29 is 4.74 Å². The van der Waals surface area contributed by atoms with Crippen LogP contribution in [0.15, 0.2) is 0 Å². The summed E-state index contributed by atoms with van der Waals surface area (Å²) in [6.07, 6.45) is 4.21. The molecule has 1 aliphatic heterocycles. The lowest BCUT2D eigenvalue weighted by Crippen LogP contribution is -2.33. The Morgan fingerprint density at radius 1 is 1.58 bits per heavy atom. The summed E-state index contributed by atoms with van der Waals surface area (Å²) in [5.74, 6) is 0.757. The SMILES string of the molecule is CCC(C)OCC1CCCNC1. The Morgan fingerprint density at radius 3 is 3.00 bits per heavy atom. The highest BCUT2D eigenvalue weighted by Crippen LogP contribution is 2.11. The maximum Gasteiger partial charge on any atom is 0.0544 e. The Hall–Kier alpha value is -0.0800. The number of piperidine rings is 1. The van der Waals surface area contributed by atoms with Gasteiger partial charge < -0.3 is 10.1 Å². The van der Waals surface area contributed by atoms with Crippen LogP contribution >= 0.6 is 0 Å². The van der Waals surface area contributed by atoms with Crippen LogP contribution in [0.2, 0.25) is 0 Å². The standard InChI is InChI=1S/C10H21NO/c1-3-9(2)12-8-10-5-4-6-11-7-10/h9-11H,3-8H2,1-2H3. The van der Waals surface area contributed by atoms with Crippen molar-refractivity contribution in [1.82, 2.24) is 5.32 Å².